The standard InChI is InChI=1S/C18H14N4O2/c1-12-21-19-11-22(12)14-6-4-5-13(9-14)20-18(23)16-10-24-17-8-3-2-7-15(16)17/h2-11H,1H3,(H,20,23). The number of hydrogen-bond acceptors (Lipinski definition) is 4. The fraction of sp³-hybridized carbons (Fsp3) is 0.0556. The summed E-state index contributed by atoms with van der Waals surface area (Å²) in [7, 11) is 0. The van der Waals surface area contributed by atoms with Crippen molar-refractivity contribution in [1.29, 1.82) is 0 Å². The molecule has 2 heterocycles. The molecule has 1 N–H and O–H groups in total. The van der Waals surface area contributed by atoms with Crippen LogP contribution in [0.25, 0.3) is 16.7 Å². The van der Waals surface area contributed by atoms with Crippen molar-refractivity contribution < 1.29 is 9.21 Å². The van der Waals surface area contributed by atoms with E-state index in [1.807, 2.05) is 60.0 Å². The third kappa shape index (κ3) is 2.44. The molecule has 6 heteroatoms. The molecule has 24 heavy (non-hydrogen) atoms. The molecule has 0 saturated carbocycles. The van der Waals surface area contributed by atoms with Gasteiger partial charge in [-0.05, 0) is 31.2 Å². The highest BCUT2D eigenvalue weighted by Crippen LogP contribution is 2.22. The van der Waals surface area contributed by atoms with Crippen molar-refractivity contribution in [3.05, 3.63) is 72.5 Å². The van der Waals surface area contributed by atoms with E-state index >= 15 is 0 Å². The maximum absolute atomic E-state index is 12.6. The number of aryl methyl sites for hydroxylation is 1. The normalized spacial score (nSPS) is 10.9. The summed E-state index contributed by atoms with van der Waals surface area (Å²) in [5, 5.41) is 11.5. The summed E-state index contributed by atoms with van der Waals surface area (Å²) < 4.78 is 7.27. The number of nitrogens with zero attached hydrogens (tertiary/aromatic N) is 3. The zero-order chi connectivity index (χ0) is 16.5. The van der Waals surface area contributed by atoms with Gasteiger partial charge in [0.05, 0.1) is 11.3 Å². The van der Waals surface area contributed by atoms with Crippen LogP contribution in [0.1, 0.15) is 16.2 Å². The van der Waals surface area contributed by atoms with E-state index in [-0.39, 0.29) is 5.91 Å². The van der Waals surface area contributed by atoms with Crippen molar-refractivity contribution in [3.63, 3.8) is 0 Å². The molecule has 2 aromatic carbocycles. The Morgan fingerprint density at radius 3 is 2.88 bits per heavy atom. The minimum Gasteiger partial charge on any atom is -0.463 e. The molecule has 0 aliphatic carbocycles. The summed E-state index contributed by atoms with van der Waals surface area (Å²) in [6, 6.07) is 15.0. The molecule has 4 rings (SSSR count). The second-order valence-electron chi connectivity index (χ2n) is 5.40. The van der Waals surface area contributed by atoms with Crippen molar-refractivity contribution in [2.24, 2.45) is 0 Å². The SMILES string of the molecule is Cc1nncn1-c1cccc(NC(=O)c2coc3ccccc23)c1. The molecule has 118 valence electrons. The lowest BCUT2D eigenvalue weighted by molar-refractivity contribution is 0.102. The van der Waals surface area contributed by atoms with Crippen LogP contribution in [-0.4, -0.2) is 20.7 Å². The number of carbonyl (C=O) groups is 1. The molecule has 0 saturated heterocycles. The minimum atomic E-state index is -0.211. The lowest BCUT2D eigenvalue weighted by Crippen LogP contribution is -2.11. The van der Waals surface area contributed by atoms with Gasteiger partial charge in [0.1, 0.15) is 24.0 Å². The quantitative estimate of drug-likeness (QED) is 0.626. The predicted molar refractivity (Wildman–Crippen MR) is 90.3 cm³/mol. The topological polar surface area (TPSA) is 73.0 Å². The average molecular weight is 318 g/mol. The predicted octanol–water partition coefficient (Wildman–Crippen LogP) is 3.57. The molecule has 0 unspecified atom stereocenters. The first-order valence-corrected chi connectivity index (χ1v) is 7.47. The number of aromatic nitrogens is 3. The fourth-order valence-electron chi connectivity index (χ4n) is 2.63. The summed E-state index contributed by atoms with van der Waals surface area (Å²) in [5.74, 6) is 0.567. The van der Waals surface area contributed by atoms with Crippen molar-refractivity contribution in [2.75, 3.05) is 5.32 Å². The Hall–Kier alpha value is -3.41. The van der Waals surface area contributed by atoms with E-state index in [0.29, 0.717) is 16.8 Å². The molecule has 0 radical (unpaired) electrons. The number of benzene rings is 2. The monoisotopic (exact) mass is 318 g/mol. The third-order valence-electron chi connectivity index (χ3n) is 3.83. The summed E-state index contributed by atoms with van der Waals surface area (Å²) in [6.45, 7) is 1.87. The van der Waals surface area contributed by atoms with Gasteiger partial charge < -0.3 is 9.73 Å². The lowest BCUT2D eigenvalue weighted by atomic mass is 10.1. The second kappa shape index (κ2) is 5.66. The number of hydrogen-bond donors (Lipinski definition) is 1. The van der Waals surface area contributed by atoms with Crippen LogP contribution in [0.2, 0.25) is 0 Å². The van der Waals surface area contributed by atoms with E-state index in [0.717, 1.165) is 16.9 Å². The summed E-state index contributed by atoms with van der Waals surface area (Å²) in [5.41, 5.74) is 2.77. The molecule has 0 aliphatic rings. The molecular weight excluding hydrogens is 304 g/mol. The molecule has 4 aromatic rings. The molecular formula is C18H14N4O2. The summed E-state index contributed by atoms with van der Waals surface area (Å²) in [6.07, 6.45) is 3.12. The molecule has 2 aromatic heterocycles. The Morgan fingerprint density at radius 1 is 1.17 bits per heavy atom. The first kappa shape index (κ1) is 14.2. The van der Waals surface area contributed by atoms with Gasteiger partial charge in [-0.25, -0.2) is 0 Å². The van der Waals surface area contributed by atoms with Crippen LogP contribution in [0.15, 0.2) is 65.5 Å². The number of nitrogens with one attached hydrogen (secondary N) is 1. The number of rotatable bonds is 3. The number of anilines is 1. The van der Waals surface area contributed by atoms with Gasteiger partial charge in [-0.3, -0.25) is 9.36 Å². The highest BCUT2D eigenvalue weighted by molar-refractivity contribution is 6.12. The molecule has 1 amide bonds. The Morgan fingerprint density at radius 2 is 2.04 bits per heavy atom. The van der Waals surface area contributed by atoms with E-state index < -0.39 is 0 Å². The van der Waals surface area contributed by atoms with Gasteiger partial charge in [-0.2, -0.15) is 0 Å². The van der Waals surface area contributed by atoms with Crippen LogP contribution in [0.4, 0.5) is 5.69 Å². The van der Waals surface area contributed by atoms with Crippen LogP contribution in [0, 0.1) is 6.92 Å². The minimum absolute atomic E-state index is 0.211. The summed E-state index contributed by atoms with van der Waals surface area (Å²) >= 11 is 0. The zero-order valence-electron chi connectivity index (χ0n) is 12.9. The van der Waals surface area contributed by atoms with Crippen LogP contribution in [-0.2, 0) is 0 Å². The number of furan rings is 1. The maximum Gasteiger partial charge on any atom is 0.259 e. The van der Waals surface area contributed by atoms with Crippen LogP contribution in [0.3, 0.4) is 0 Å². The van der Waals surface area contributed by atoms with E-state index in [1.54, 1.807) is 6.33 Å². The van der Waals surface area contributed by atoms with Gasteiger partial charge in [0, 0.05) is 11.1 Å². The van der Waals surface area contributed by atoms with Crippen molar-refractivity contribution >= 4 is 22.6 Å². The number of fused-ring (bicyclic) bond motifs is 1. The van der Waals surface area contributed by atoms with Crippen molar-refractivity contribution in [1.82, 2.24) is 14.8 Å². The number of para-hydroxylation sites is 1. The maximum atomic E-state index is 12.6. The molecule has 6 nitrogen and oxygen atoms in total. The fourth-order valence-corrected chi connectivity index (χ4v) is 2.63. The van der Waals surface area contributed by atoms with Gasteiger partial charge >= 0.3 is 0 Å². The first-order chi connectivity index (χ1) is 11.7. The molecule has 0 atom stereocenters. The molecule has 0 fully saturated rings. The highest BCUT2D eigenvalue weighted by Gasteiger charge is 2.14. The number of amides is 1. The zero-order valence-corrected chi connectivity index (χ0v) is 12.9. The van der Waals surface area contributed by atoms with Crippen molar-refractivity contribution in [2.45, 2.75) is 6.92 Å². The second-order valence-corrected chi connectivity index (χ2v) is 5.40. The Balaban J connectivity index is 1.64. The van der Waals surface area contributed by atoms with Crippen molar-refractivity contribution in [3.8, 4) is 5.69 Å². The van der Waals surface area contributed by atoms with E-state index in [1.165, 1.54) is 6.26 Å². The van der Waals surface area contributed by atoms with Gasteiger partial charge in [0.2, 0.25) is 0 Å². The van der Waals surface area contributed by atoms with Crippen LogP contribution >= 0.6 is 0 Å². The van der Waals surface area contributed by atoms with E-state index in [2.05, 4.69) is 15.5 Å². The summed E-state index contributed by atoms with van der Waals surface area (Å²) in [4.78, 5) is 12.6. The van der Waals surface area contributed by atoms with E-state index in [9.17, 15) is 4.79 Å². The van der Waals surface area contributed by atoms with Crippen LogP contribution in [0.5, 0.6) is 0 Å². The Kier molecular flexibility index (Phi) is 3.35. The average Bonchev–Trinajstić information content (AvgIpc) is 3.21. The third-order valence-corrected chi connectivity index (χ3v) is 3.83. The van der Waals surface area contributed by atoms with Gasteiger partial charge in [0.15, 0.2) is 0 Å². The van der Waals surface area contributed by atoms with Crippen LogP contribution < -0.4 is 5.32 Å². The highest BCUT2D eigenvalue weighted by atomic mass is 16.3. The molecule has 0 aliphatic heterocycles. The molecule has 0 bridgehead atoms. The van der Waals surface area contributed by atoms with Gasteiger partial charge in [0.25, 0.3) is 5.91 Å². The Labute approximate surface area is 137 Å². The van der Waals surface area contributed by atoms with Gasteiger partial charge in [-0.1, -0.05) is 24.3 Å². The number of carbonyl (C=O) groups excluding carboxylic acids is 1. The smallest absolute Gasteiger partial charge is 0.259 e. The largest absolute Gasteiger partial charge is 0.463 e. The Bertz CT molecular complexity index is 1030. The molecule has 0 spiro atoms. The lowest BCUT2D eigenvalue weighted by Gasteiger charge is -2.08. The van der Waals surface area contributed by atoms with E-state index in [4.69, 9.17) is 4.42 Å². The first-order valence-electron chi connectivity index (χ1n) is 7.47. The van der Waals surface area contributed by atoms with Gasteiger partial charge in [-0.15, -0.1) is 10.2 Å².